The lowest BCUT2D eigenvalue weighted by molar-refractivity contribution is 0.0222. The van der Waals surface area contributed by atoms with Crippen LogP contribution in [0.3, 0.4) is 0 Å². The van der Waals surface area contributed by atoms with Crippen molar-refractivity contribution in [2.24, 2.45) is 0 Å². The van der Waals surface area contributed by atoms with E-state index in [0.717, 1.165) is 16.8 Å². The standard InChI is InChI=1S/C20H26N4O3/c1-13(14-8-6-5-7-9-14)21-18(25)17-15-12-24(11-10-16(15)22-23-17)19(26)27-20(2,3)4/h5-9,13H,10-12H2,1-4H3,(H,21,25)(H,22,23). The number of hydrogen-bond donors (Lipinski definition) is 2. The van der Waals surface area contributed by atoms with Gasteiger partial charge in [0.1, 0.15) is 5.60 Å². The highest BCUT2D eigenvalue weighted by molar-refractivity contribution is 5.94. The van der Waals surface area contributed by atoms with Crippen molar-refractivity contribution >= 4 is 12.0 Å². The highest BCUT2D eigenvalue weighted by Gasteiger charge is 2.30. The van der Waals surface area contributed by atoms with Gasteiger partial charge >= 0.3 is 6.09 Å². The molecule has 2 aromatic rings. The molecule has 0 fully saturated rings. The highest BCUT2D eigenvalue weighted by atomic mass is 16.6. The maximum absolute atomic E-state index is 12.7. The Labute approximate surface area is 159 Å². The first kappa shape index (κ1) is 18.9. The molecule has 0 spiro atoms. The van der Waals surface area contributed by atoms with E-state index >= 15 is 0 Å². The second-order valence-electron chi connectivity index (χ2n) is 7.79. The lowest BCUT2D eigenvalue weighted by atomic mass is 10.0. The monoisotopic (exact) mass is 370 g/mol. The van der Waals surface area contributed by atoms with Crippen LogP contribution in [0.4, 0.5) is 4.79 Å². The van der Waals surface area contributed by atoms with Crippen LogP contribution in [0, 0.1) is 0 Å². The molecule has 1 aliphatic heterocycles. The van der Waals surface area contributed by atoms with Crippen molar-refractivity contribution in [2.45, 2.75) is 52.3 Å². The van der Waals surface area contributed by atoms with E-state index < -0.39 is 5.60 Å². The maximum Gasteiger partial charge on any atom is 0.410 e. The molecule has 0 radical (unpaired) electrons. The summed E-state index contributed by atoms with van der Waals surface area (Å²) in [6.45, 7) is 8.28. The van der Waals surface area contributed by atoms with Gasteiger partial charge in [-0.15, -0.1) is 0 Å². The van der Waals surface area contributed by atoms with E-state index in [-0.39, 0.29) is 18.0 Å². The first-order valence-corrected chi connectivity index (χ1v) is 9.14. The van der Waals surface area contributed by atoms with Crippen molar-refractivity contribution in [1.29, 1.82) is 0 Å². The van der Waals surface area contributed by atoms with Gasteiger partial charge in [-0.3, -0.25) is 9.89 Å². The molecule has 144 valence electrons. The van der Waals surface area contributed by atoms with Crippen LogP contribution in [0.15, 0.2) is 30.3 Å². The van der Waals surface area contributed by atoms with Crippen molar-refractivity contribution in [2.75, 3.05) is 6.54 Å². The van der Waals surface area contributed by atoms with E-state index in [2.05, 4.69) is 15.5 Å². The number of fused-ring (bicyclic) bond motifs is 1. The molecule has 0 aliphatic carbocycles. The van der Waals surface area contributed by atoms with Gasteiger partial charge < -0.3 is 15.0 Å². The lowest BCUT2D eigenvalue weighted by Gasteiger charge is -2.30. The number of H-pyrrole nitrogens is 1. The van der Waals surface area contributed by atoms with Crippen LogP contribution in [0.5, 0.6) is 0 Å². The van der Waals surface area contributed by atoms with E-state index in [1.54, 1.807) is 4.90 Å². The molecule has 1 aromatic carbocycles. The minimum Gasteiger partial charge on any atom is -0.444 e. The van der Waals surface area contributed by atoms with Gasteiger partial charge in [-0.1, -0.05) is 30.3 Å². The van der Waals surface area contributed by atoms with E-state index in [9.17, 15) is 9.59 Å². The highest BCUT2D eigenvalue weighted by Crippen LogP contribution is 2.23. The minimum absolute atomic E-state index is 0.142. The van der Waals surface area contributed by atoms with E-state index in [0.29, 0.717) is 25.2 Å². The summed E-state index contributed by atoms with van der Waals surface area (Å²) in [6.07, 6.45) is 0.238. The normalized spacial score (nSPS) is 15.0. The summed E-state index contributed by atoms with van der Waals surface area (Å²) in [4.78, 5) is 26.7. The maximum atomic E-state index is 12.7. The van der Waals surface area contributed by atoms with Crippen LogP contribution in [-0.2, 0) is 17.7 Å². The summed E-state index contributed by atoms with van der Waals surface area (Å²) in [5, 5.41) is 10.1. The number of carbonyl (C=O) groups excluding carboxylic acids is 2. The Morgan fingerprint density at radius 1 is 1.26 bits per heavy atom. The predicted molar refractivity (Wildman–Crippen MR) is 101 cm³/mol. The number of hydrogen-bond acceptors (Lipinski definition) is 4. The summed E-state index contributed by atoms with van der Waals surface area (Å²) >= 11 is 0. The van der Waals surface area contributed by atoms with Crippen molar-refractivity contribution < 1.29 is 14.3 Å². The molecule has 2 N–H and O–H groups in total. The molecule has 2 amide bonds. The summed E-state index contributed by atoms with van der Waals surface area (Å²) in [5.41, 5.74) is 2.45. The number of amides is 2. The molecule has 7 heteroatoms. The van der Waals surface area contributed by atoms with Gasteiger partial charge in [0.25, 0.3) is 5.91 Å². The van der Waals surface area contributed by atoms with E-state index in [1.165, 1.54) is 0 Å². The van der Waals surface area contributed by atoms with Crippen molar-refractivity contribution in [3.63, 3.8) is 0 Å². The van der Waals surface area contributed by atoms with Crippen LogP contribution in [-0.4, -0.2) is 39.2 Å². The molecule has 0 saturated carbocycles. The smallest absolute Gasteiger partial charge is 0.410 e. The number of aromatic amines is 1. The average Bonchev–Trinajstić information content (AvgIpc) is 3.04. The van der Waals surface area contributed by atoms with Crippen LogP contribution in [0.25, 0.3) is 0 Å². The largest absolute Gasteiger partial charge is 0.444 e. The number of ether oxygens (including phenoxy) is 1. The molecular weight excluding hydrogens is 344 g/mol. The summed E-state index contributed by atoms with van der Waals surface area (Å²) in [7, 11) is 0. The van der Waals surface area contributed by atoms with Gasteiger partial charge in [-0.05, 0) is 33.3 Å². The number of carbonyl (C=O) groups is 2. The summed E-state index contributed by atoms with van der Waals surface area (Å²) in [5.74, 6) is -0.255. The zero-order chi connectivity index (χ0) is 19.6. The first-order chi connectivity index (χ1) is 12.7. The molecule has 1 aromatic heterocycles. The van der Waals surface area contributed by atoms with Gasteiger partial charge in [-0.2, -0.15) is 5.10 Å². The topological polar surface area (TPSA) is 87.3 Å². The first-order valence-electron chi connectivity index (χ1n) is 9.14. The third kappa shape index (κ3) is 4.48. The van der Waals surface area contributed by atoms with Crippen molar-refractivity contribution in [1.82, 2.24) is 20.4 Å². The molecule has 27 heavy (non-hydrogen) atoms. The molecule has 0 saturated heterocycles. The Hall–Kier alpha value is -2.83. The van der Waals surface area contributed by atoms with Gasteiger partial charge in [0.15, 0.2) is 5.69 Å². The zero-order valence-corrected chi connectivity index (χ0v) is 16.2. The minimum atomic E-state index is -0.556. The number of rotatable bonds is 3. The Morgan fingerprint density at radius 3 is 2.63 bits per heavy atom. The quantitative estimate of drug-likeness (QED) is 0.869. The molecular formula is C20H26N4O3. The van der Waals surface area contributed by atoms with Gasteiger partial charge in [-0.25, -0.2) is 4.79 Å². The van der Waals surface area contributed by atoms with Crippen molar-refractivity contribution in [3.05, 3.63) is 52.8 Å². The Kier molecular flexibility index (Phi) is 5.21. The summed E-state index contributed by atoms with van der Waals surface area (Å²) < 4.78 is 5.45. The van der Waals surface area contributed by atoms with Crippen LogP contribution < -0.4 is 5.32 Å². The SMILES string of the molecule is CC(NC(=O)c1n[nH]c2c1CN(C(=O)OC(C)(C)C)CC2)c1ccccc1. The summed E-state index contributed by atoms with van der Waals surface area (Å²) in [6, 6.07) is 9.61. The fraction of sp³-hybridized carbons (Fsp3) is 0.450. The lowest BCUT2D eigenvalue weighted by Crippen LogP contribution is -2.40. The molecule has 0 bridgehead atoms. The molecule has 1 unspecified atom stereocenters. The number of benzene rings is 1. The predicted octanol–water partition coefficient (Wildman–Crippen LogP) is 3.19. The fourth-order valence-corrected chi connectivity index (χ4v) is 3.06. The second-order valence-corrected chi connectivity index (χ2v) is 7.79. The van der Waals surface area contributed by atoms with Crippen LogP contribution in [0.2, 0.25) is 0 Å². The molecule has 1 aliphatic rings. The third-order valence-electron chi connectivity index (χ3n) is 4.45. The number of aromatic nitrogens is 2. The molecule has 7 nitrogen and oxygen atoms in total. The molecule has 2 heterocycles. The van der Waals surface area contributed by atoms with Crippen LogP contribution >= 0.6 is 0 Å². The van der Waals surface area contributed by atoms with Crippen LogP contribution in [0.1, 0.15) is 61.0 Å². The van der Waals surface area contributed by atoms with Gasteiger partial charge in [0.05, 0.1) is 12.6 Å². The second kappa shape index (κ2) is 7.42. The Balaban J connectivity index is 1.72. The number of nitrogens with zero attached hydrogens (tertiary/aromatic N) is 2. The molecule has 1 atom stereocenters. The molecule has 3 rings (SSSR count). The zero-order valence-electron chi connectivity index (χ0n) is 16.2. The van der Waals surface area contributed by atoms with Gasteiger partial charge in [0.2, 0.25) is 0 Å². The van der Waals surface area contributed by atoms with Gasteiger partial charge in [0, 0.05) is 24.2 Å². The van der Waals surface area contributed by atoms with Crippen molar-refractivity contribution in [3.8, 4) is 0 Å². The van der Waals surface area contributed by atoms with E-state index in [1.807, 2.05) is 58.0 Å². The van der Waals surface area contributed by atoms with E-state index in [4.69, 9.17) is 4.74 Å². The Bertz CT molecular complexity index is 823. The fourth-order valence-electron chi connectivity index (χ4n) is 3.06. The average molecular weight is 370 g/mol. The number of nitrogens with one attached hydrogen (secondary N) is 2. The third-order valence-corrected chi connectivity index (χ3v) is 4.45. The Morgan fingerprint density at radius 2 is 1.96 bits per heavy atom.